The van der Waals surface area contributed by atoms with Gasteiger partial charge in [0.05, 0.1) is 12.6 Å². The van der Waals surface area contributed by atoms with Crippen LogP contribution in [0.15, 0.2) is 46.9 Å². The molecule has 1 atom stereocenters. The summed E-state index contributed by atoms with van der Waals surface area (Å²) >= 11 is 3.58. The molecule has 0 spiro atoms. The van der Waals surface area contributed by atoms with Gasteiger partial charge in [-0.3, -0.25) is 0 Å². The molecule has 0 saturated heterocycles. The first-order valence-corrected chi connectivity index (χ1v) is 7.15. The summed E-state index contributed by atoms with van der Waals surface area (Å²) in [5, 5.41) is 0. The molecule has 2 nitrogen and oxygen atoms in total. The molecule has 2 aromatic rings. The predicted octanol–water partition coefficient (Wildman–Crippen LogP) is 4.20. The van der Waals surface area contributed by atoms with Crippen LogP contribution in [0.1, 0.15) is 29.7 Å². The largest absolute Gasteiger partial charge is 0.494 e. The predicted molar refractivity (Wildman–Crippen MR) is 82.5 cm³/mol. The van der Waals surface area contributed by atoms with Gasteiger partial charge in [-0.25, -0.2) is 0 Å². The molecule has 0 saturated carbocycles. The van der Waals surface area contributed by atoms with E-state index in [1.165, 1.54) is 5.56 Å². The van der Waals surface area contributed by atoms with Crippen molar-refractivity contribution in [2.24, 2.45) is 5.73 Å². The van der Waals surface area contributed by atoms with E-state index in [9.17, 15) is 0 Å². The van der Waals surface area contributed by atoms with E-state index in [0.29, 0.717) is 6.61 Å². The van der Waals surface area contributed by atoms with Crippen molar-refractivity contribution in [3.05, 3.63) is 63.6 Å². The Morgan fingerprint density at radius 3 is 2.42 bits per heavy atom. The van der Waals surface area contributed by atoms with E-state index in [4.69, 9.17) is 10.5 Å². The first kappa shape index (κ1) is 14.1. The molecule has 0 bridgehead atoms. The lowest BCUT2D eigenvalue weighted by molar-refractivity contribution is 0.340. The summed E-state index contributed by atoms with van der Waals surface area (Å²) in [6.45, 7) is 4.72. The third-order valence-corrected chi connectivity index (χ3v) is 3.73. The molecule has 0 aliphatic carbocycles. The SMILES string of the molecule is CCOc1ccc(C(N)c2ccc(C)cc2Br)cc1. The van der Waals surface area contributed by atoms with Crippen LogP contribution >= 0.6 is 15.9 Å². The molecule has 0 aliphatic rings. The van der Waals surface area contributed by atoms with Gasteiger partial charge in [-0.15, -0.1) is 0 Å². The molecular weight excluding hydrogens is 302 g/mol. The molecule has 3 heteroatoms. The van der Waals surface area contributed by atoms with E-state index in [1.54, 1.807) is 0 Å². The van der Waals surface area contributed by atoms with Crippen molar-refractivity contribution in [3.63, 3.8) is 0 Å². The maximum Gasteiger partial charge on any atom is 0.119 e. The minimum Gasteiger partial charge on any atom is -0.494 e. The van der Waals surface area contributed by atoms with Crippen LogP contribution in [0, 0.1) is 6.92 Å². The molecule has 0 heterocycles. The Bertz CT molecular complexity index is 551. The Morgan fingerprint density at radius 1 is 1.16 bits per heavy atom. The molecule has 100 valence electrons. The summed E-state index contributed by atoms with van der Waals surface area (Å²) in [4.78, 5) is 0. The minimum absolute atomic E-state index is 0.134. The van der Waals surface area contributed by atoms with Crippen molar-refractivity contribution in [2.45, 2.75) is 19.9 Å². The van der Waals surface area contributed by atoms with Gasteiger partial charge in [0.1, 0.15) is 5.75 Å². The second-order valence-corrected chi connectivity index (χ2v) is 5.36. The lowest BCUT2D eigenvalue weighted by Crippen LogP contribution is -2.12. The molecule has 0 radical (unpaired) electrons. The highest BCUT2D eigenvalue weighted by Gasteiger charge is 2.12. The Kier molecular flexibility index (Phi) is 4.61. The third-order valence-electron chi connectivity index (χ3n) is 3.04. The second-order valence-electron chi connectivity index (χ2n) is 4.50. The van der Waals surface area contributed by atoms with E-state index in [2.05, 4.69) is 41.1 Å². The minimum atomic E-state index is -0.134. The van der Waals surface area contributed by atoms with Crippen LogP contribution in [0.3, 0.4) is 0 Å². The van der Waals surface area contributed by atoms with Crippen LogP contribution in [-0.4, -0.2) is 6.61 Å². The number of rotatable bonds is 4. The van der Waals surface area contributed by atoms with Gasteiger partial charge < -0.3 is 10.5 Å². The van der Waals surface area contributed by atoms with E-state index >= 15 is 0 Å². The zero-order valence-electron chi connectivity index (χ0n) is 11.2. The molecule has 0 amide bonds. The number of aryl methyl sites for hydroxylation is 1. The van der Waals surface area contributed by atoms with Crippen LogP contribution < -0.4 is 10.5 Å². The normalized spacial score (nSPS) is 12.2. The highest BCUT2D eigenvalue weighted by atomic mass is 79.9. The number of ether oxygens (including phenoxy) is 1. The van der Waals surface area contributed by atoms with Crippen molar-refractivity contribution in [2.75, 3.05) is 6.61 Å². The van der Waals surface area contributed by atoms with Crippen molar-refractivity contribution in [1.29, 1.82) is 0 Å². The van der Waals surface area contributed by atoms with Gasteiger partial charge >= 0.3 is 0 Å². The molecule has 0 aromatic heterocycles. The van der Waals surface area contributed by atoms with Crippen molar-refractivity contribution in [3.8, 4) is 5.75 Å². The number of halogens is 1. The van der Waals surface area contributed by atoms with Gasteiger partial charge in [0.25, 0.3) is 0 Å². The summed E-state index contributed by atoms with van der Waals surface area (Å²) in [5.41, 5.74) is 9.71. The van der Waals surface area contributed by atoms with Gasteiger partial charge in [0.15, 0.2) is 0 Å². The van der Waals surface area contributed by atoms with Crippen LogP contribution in [0.5, 0.6) is 5.75 Å². The summed E-state index contributed by atoms with van der Waals surface area (Å²) < 4.78 is 6.49. The molecule has 19 heavy (non-hydrogen) atoms. The van der Waals surface area contributed by atoms with Crippen LogP contribution in [-0.2, 0) is 0 Å². The molecule has 2 rings (SSSR count). The molecule has 0 fully saturated rings. The smallest absolute Gasteiger partial charge is 0.119 e. The Hall–Kier alpha value is -1.32. The molecule has 2 aromatic carbocycles. The summed E-state index contributed by atoms with van der Waals surface area (Å²) in [5.74, 6) is 0.876. The maximum absolute atomic E-state index is 6.32. The number of hydrogen-bond donors (Lipinski definition) is 1. The van der Waals surface area contributed by atoms with Crippen molar-refractivity contribution >= 4 is 15.9 Å². The monoisotopic (exact) mass is 319 g/mol. The van der Waals surface area contributed by atoms with Gasteiger partial charge in [0, 0.05) is 4.47 Å². The van der Waals surface area contributed by atoms with E-state index in [1.807, 2.05) is 31.2 Å². The standard InChI is InChI=1S/C16H18BrNO/c1-3-19-13-7-5-12(6-8-13)16(18)14-9-4-11(2)10-15(14)17/h4-10,16H,3,18H2,1-2H3. The highest BCUT2D eigenvalue weighted by Crippen LogP contribution is 2.28. The number of hydrogen-bond acceptors (Lipinski definition) is 2. The van der Waals surface area contributed by atoms with Crippen LogP contribution in [0.25, 0.3) is 0 Å². The fourth-order valence-electron chi connectivity index (χ4n) is 2.00. The summed E-state index contributed by atoms with van der Waals surface area (Å²) in [6, 6.07) is 14.1. The summed E-state index contributed by atoms with van der Waals surface area (Å²) in [6.07, 6.45) is 0. The zero-order valence-corrected chi connectivity index (χ0v) is 12.8. The first-order valence-electron chi connectivity index (χ1n) is 6.36. The van der Waals surface area contributed by atoms with E-state index in [0.717, 1.165) is 21.3 Å². The quantitative estimate of drug-likeness (QED) is 0.916. The van der Waals surface area contributed by atoms with E-state index < -0.39 is 0 Å². The Balaban J connectivity index is 2.25. The topological polar surface area (TPSA) is 35.2 Å². The molecular formula is C16H18BrNO. The van der Waals surface area contributed by atoms with E-state index in [-0.39, 0.29) is 6.04 Å². The van der Waals surface area contributed by atoms with Gasteiger partial charge in [-0.05, 0) is 48.7 Å². The van der Waals surface area contributed by atoms with Gasteiger partial charge in [-0.1, -0.05) is 40.2 Å². The zero-order chi connectivity index (χ0) is 13.8. The molecule has 1 unspecified atom stereocenters. The summed E-state index contributed by atoms with van der Waals surface area (Å²) in [7, 11) is 0. The number of nitrogens with two attached hydrogens (primary N) is 1. The fraction of sp³-hybridized carbons (Fsp3) is 0.250. The average Bonchev–Trinajstić information content (AvgIpc) is 2.39. The van der Waals surface area contributed by atoms with Crippen molar-refractivity contribution < 1.29 is 4.74 Å². The van der Waals surface area contributed by atoms with Crippen LogP contribution in [0.2, 0.25) is 0 Å². The van der Waals surface area contributed by atoms with Crippen molar-refractivity contribution in [1.82, 2.24) is 0 Å². The molecule has 2 N–H and O–H groups in total. The third kappa shape index (κ3) is 3.37. The Morgan fingerprint density at radius 2 is 1.84 bits per heavy atom. The lowest BCUT2D eigenvalue weighted by Gasteiger charge is -2.15. The first-order chi connectivity index (χ1) is 9.11. The highest BCUT2D eigenvalue weighted by molar-refractivity contribution is 9.10. The Labute approximate surface area is 122 Å². The lowest BCUT2D eigenvalue weighted by atomic mass is 9.99. The second kappa shape index (κ2) is 6.22. The molecule has 0 aliphatic heterocycles. The maximum atomic E-state index is 6.32. The fourth-order valence-corrected chi connectivity index (χ4v) is 2.74. The van der Waals surface area contributed by atoms with Gasteiger partial charge in [0.2, 0.25) is 0 Å². The van der Waals surface area contributed by atoms with Crippen LogP contribution in [0.4, 0.5) is 0 Å². The number of benzene rings is 2. The average molecular weight is 320 g/mol. The van der Waals surface area contributed by atoms with Gasteiger partial charge in [-0.2, -0.15) is 0 Å².